The Labute approximate surface area is 120 Å². The van der Waals surface area contributed by atoms with Crippen LogP contribution >= 0.6 is 11.6 Å². The molecular formula is C14H11ClN2O3. The quantitative estimate of drug-likeness (QED) is 0.596. The van der Waals surface area contributed by atoms with E-state index in [4.69, 9.17) is 16.7 Å². The van der Waals surface area contributed by atoms with Crippen LogP contribution in [-0.2, 0) is 0 Å². The van der Waals surface area contributed by atoms with Crippen LogP contribution < -0.4 is 5.43 Å². The fourth-order valence-electron chi connectivity index (χ4n) is 1.53. The van der Waals surface area contributed by atoms with Gasteiger partial charge in [0.05, 0.1) is 22.5 Å². The Balaban J connectivity index is 2.14. The van der Waals surface area contributed by atoms with Gasteiger partial charge in [-0.1, -0.05) is 23.7 Å². The van der Waals surface area contributed by atoms with E-state index in [1.54, 1.807) is 24.3 Å². The Hall–Kier alpha value is -2.53. The number of anilines is 1. The number of hydrogen-bond acceptors (Lipinski definition) is 4. The molecule has 0 aliphatic carbocycles. The van der Waals surface area contributed by atoms with E-state index in [9.17, 15) is 9.90 Å². The minimum absolute atomic E-state index is 0.115. The normalized spacial score (nSPS) is 10.7. The molecule has 2 aromatic carbocycles. The molecule has 3 N–H and O–H groups in total. The smallest absolute Gasteiger partial charge is 0.335 e. The lowest BCUT2D eigenvalue weighted by Crippen LogP contribution is -1.98. The monoisotopic (exact) mass is 290 g/mol. The van der Waals surface area contributed by atoms with Crippen molar-refractivity contribution in [1.82, 2.24) is 0 Å². The number of hydrogen-bond donors (Lipinski definition) is 3. The molecule has 20 heavy (non-hydrogen) atoms. The molecule has 2 rings (SSSR count). The summed E-state index contributed by atoms with van der Waals surface area (Å²) in [5, 5.41) is 22.5. The van der Waals surface area contributed by atoms with Gasteiger partial charge in [-0.3, -0.25) is 5.43 Å². The second-order valence-corrected chi connectivity index (χ2v) is 4.37. The van der Waals surface area contributed by atoms with Gasteiger partial charge in [0.1, 0.15) is 5.75 Å². The van der Waals surface area contributed by atoms with Crippen LogP contribution in [0.3, 0.4) is 0 Å². The molecule has 0 atom stereocenters. The molecule has 0 spiro atoms. The van der Waals surface area contributed by atoms with E-state index >= 15 is 0 Å². The van der Waals surface area contributed by atoms with Crippen LogP contribution in [-0.4, -0.2) is 22.4 Å². The van der Waals surface area contributed by atoms with Gasteiger partial charge < -0.3 is 10.2 Å². The molecule has 0 heterocycles. The van der Waals surface area contributed by atoms with Crippen LogP contribution in [0.1, 0.15) is 15.9 Å². The number of nitrogens with one attached hydrogen (secondary N) is 1. The van der Waals surface area contributed by atoms with Gasteiger partial charge in [-0.15, -0.1) is 0 Å². The van der Waals surface area contributed by atoms with E-state index in [0.717, 1.165) is 0 Å². The minimum Gasteiger partial charge on any atom is -0.508 e. The van der Waals surface area contributed by atoms with Crippen molar-refractivity contribution in [3.05, 3.63) is 58.6 Å². The number of carboxylic acid groups (broad SMARTS) is 1. The molecule has 0 bridgehead atoms. The van der Waals surface area contributed by atoms with E-state index in [1.807, 2.05) is 0 Å². The topological polar surface area (TPSA) is 81.9 Å². The number of phenols is 1. The van der Waals surface area contributed by atoms with Gasteiger partial charge in [-0.05, 0) is 35.9 Å². The molecule has 0 aliphatic rings. The van der Waals surface area contributed by atoms with Crippen molar-refractivity contribution in [3.8, 4) is 5.75 Å². The molecule has 0 aliphatic heterocycles. The highest BCUT2D eigenvalue weighted by atomic mass is 35.5. The van der Waals surface area contributed by atoms with Crippen molar-refractivity contribution in [2.75, 3.05) is 5.43 Å². The summed E-state index contributed by atoms with van der Waals surface area (Å²) in [4.78, 5) is 10.9. The predicted molar refractivity (Wildman–Crippen MR) is 77.7 cm³/mol. The van der Waals surface area contributed by atoms with E-state index in [1.165, 1.54) is 24.4 Å². The van der Waals surface area contributed by atoms with Crippen molar-refractivity contribution in [2.24, 2.45) is 5.10 Å². The first kappa shape index (κ1) is 13.9. The van der Waals surface area contributed by atoms with E-state index in [0.29, 0.717) is 16.3 Å². The fourth-order valence-corrected chi connectivity index (χ4v) is 1.69. The van der Waals surface area contributed by atoms with Crippen LogP contribution in [0.25, 0.3) is 0 Å². The number of carboxylic acids is 1. The lowest BCUT2D eigenvalue weighted by Gasteiger charge is -2.04. The molecule has 2 aromatic rings. The maximum atomic E-state index is 10.9. The van der Waals surface area contributed by atoms with Crippen LogP contribution in [0, 0.1) is 0 Å². The summed E-state index contributed by atoms with van der Waals surface area (Å²) >= 11 is 5.94. The zero-order valence-corrected chi connectivity index (χ0v) is 11.0. The number of nitrogens with zero attached hydrogens (tertiary/aromatic N) is 1. The number of hydrazone groups is 1. The first-order valence-corrected chi connectivity index (χ1v) is 6.05. The van der Waals surface area contributed by atoms with Crippen LogP contribution in [0.4, 0.5) is 5.69 Å². The molecule has 0 fully saturated rings. The largest absolute Gasteiger partial charge is 0.508 e. The maximum absolute atomic E-state index is 10.9. The Kier molecular flexibility index (Phi) is 4.22. The highest BCUT2D eigenvalue weighted by Crippen LogP contribution is 2.23. The number of phenolic OH excluding ortho intramolecular Hbond substituents is 1. The summed E-state index contributed by atoms with van der Waals surface area (Å²) in [5.41, 5.74) is 3.87. The first-order valence-electron chi connectivity index (χ1n) is 5.67. The summed E-state index contributed by atoms with van der Waals surface area (Å²) in [6.45, 7) is 0. The minimum atomic E-state index is -1.04. The lowest BCUT2D eigenvalue weighted by atomic mass is 10.2. The molecule has 0 amide bonds. The van der Waals surface area contributed by atoms with Crippen molar-refractivity contribution >= 4 is 29.5 Å². The Morgan fingerprint density at radius 2 is 2.05 bits per heavy atom. The van der Waals surface area contributed by atoms with Crippen LogP contribution in [0.15, 0.2) is 47.6 Å². The predicted octanol–water partition coefficient (Wildman–Crippen LogP) is 3.19. The summed E-state index contributed by atoms with van der Waals surface area (Å²) in [6, 6.07) is 10.8. The standard InChI is InChI=1S/C14H11ClN2O3/c15-12-5-4-10(14(19)20)7-13(12)17-16-8-9-2-1-3-11(18)6-9/h1-8,17-18H,(H,19,20)/b16-8-. The average molecular weight is 291 g/mol. The molecule has 102 valence electrons. The van der Waals surface area contributed by atoms with Gasteiger partial charge in [-0.2, -0.15) is 5.10 Å². The highest BCUT2D eigenvalue weighted by molar-refractivity contribution is 6.33. The first-order chi connectivity index (χ1) is 9.56. The Bertz CT molecular complexity index is 671. The molecule has 0 aromatic heterocycles. The molecule has 0 saturated heterocycles. The zero-order chi connectivity index (χ0) is 14.5. The fraction of sp³-hybridized carbons (Fsp3) is 0. The van der Waals surface area contributed by atoms with Gasteiger partial charge in [0, 0.05) is 0 Å². The summed E-state index contributed by atoms with van der Waals surface area (Å²) in [5.74, 6) is -0.901. The van der Waals surface area contributed by atoms with E-state index in [-0.39, 0.29) is 11.3 Å². The average Bonchev–Trinajstić information content (AvgIpc) is 2.40. The Morgan fingerprint density at radius 1 is 1.25 bits per heavy atom. The SMILES string of the molecule is O=C(O)c1ccc(Cl)c(N/N=C\c2cccc(O)c2)c1. The lowest BCUT2D eigenvalue weighted by molar-refractivity contribution is 0.0697. The third kappa shape index (κ3) is 3.49. The molecule has 5 nitrogen and oxygen atoms in total. The molecule has 0 saturated carbocycles. The van der Waals surface area contributed by atoms with Gasteiger partial charge in [0.25, 0.3) is 0 Å². The number of benzene rings is 2. The number of aromatic carboxylic acids is 1. The number of aromatic hydroxyl groups is 1. The van der Waals surface area contributed by atoms with Gasteiger partial charge in [0.15, 0.2) is 0 Å². The second-order valence-electron chi connectivity index (χ2n) is 3.96. The molecule has 6 heteroatoms. The van der Waals surface area contributed by atoms with Gasteiger partial charge in [-0.25, -0.2) is 4.79 Å². The summed E-state index contributed by atoms with van der Waals surface area (Å²) in [6.07, 6.45) is 1.49. The molecular weight excluding hydrogens is 280 g/mol. The van der Waals surface area contributed by atoms with Crippen molar-refractivity contribution in [3.63, 3.8) is 0 Å². The summed E-state index contributed by atoms with van der Waals surface area (Å²) in [7, 11) is 0. The van der Waals surface area contributed by atoms with Crippen molar-refractivity contribution in [1.29, 1.82) is 0 Å². The van der Waals surface area contributed by atoms with Crippen LogP contribution in [0.2, 0.25) is 5.02 Å². The number of halogens is 1. The molecule has 0 radical (unpaired) electrons. The second kappa shape index (κ2) is 6.08. The Morgan fingerprint density at radius 3 is 2.75 bits per heavy atom. The van der Waals surface area contributed by atoms with Crippen LogP contribution in [0.5, 0.6) is 5.75 Å². The van der Waals surface area contributed by atoms with Crippen molar-refractivity contribution in [2.45, 2.75) is 0 Å². The van der Waals surface area contributed by atoms with E-state index < -0.39 is 5.97 Å². The van der Waals surface area contributed by atoms with Crippen molar-refractivity contribution < 1.29 is 15.0 Å². The molecule has 0 unspecified atom stereocenters. The third-order valence-corrected chi connectivity index (χ3v) is 2.81. The zero-order valence-electron chi connectivity index (χ0n) is 10.2. The van der Waals surface area contributed by atoms with Gasteiger partial charge in [0.2, 0.25) is 0 Å². The maximum Gasteiger partial charge on any atom is 0.335 e. The highest BCUT2D eigenvalue weighted by Gasteiger charge is 2.06. The van der Waals surface area contributed by atoms with E-state index in [2.05, 4.69) is 10.5 Å². The third-order valence-electron chi connectivity index (χ3n) is 2.48. The summed E-state index contributed by atoms with van der Waals surface area (Å²) < 4.78 is 0. The van der Waals surface area contributed by atoms with Gasteiger partial charge >= 0.3 is 5.97 Å². The number of carbonyl (C=O) groups is 1. The number of rotatable bonds is 4.